The third kappa shape index (κ3) is 7.18. The van der Waals surface area contributed by atoms with Crippen LogP contribution in [0.25, 0.3) is 11.1 Å². The van der Waals surface area contributed by atoms with Gasteiger partial charge in [0.15, 0.2) is 5.69 Å². The molecule has 16 heteroatoms. The average Bonchev–Trinajstić information content (AvgIpc) is 3.24. The number of carbonyl (C=O) groups is 2. The molecule has 2 aromatic heterocycles. The molecule has 3 N–H and O–H groups in total. The predicted molar refractivity (Wildman–Crippen MR) is 139 cm³/mol. The summed E-state index contributed by atoms with van der Waals surface area (Å²) in [7, 11) is 0. The molecule has 0 unspecified atom stereocenters. The van der Waals surface area contributed by atoms with E-state index < -0.39 is 75.9 Å². The van der Waals surface area contributed by atoms with Gasteiger partial charge in [-0.05, 0) is 63.8 Å². The monoisotopic (exact) mass is 675 g/mol. The Kier molecular flexibility index (Phi) is 9.18. The summed E-state index contributed by atoms with van der Waals surface area (Å²) in [5.74, 6) is -5.01. The number of nitrogens with one attached hydrogen (secondary N) is 1. The molecule has 0 fully saturated rings. The van der Waals surface area contributed by atoms with Gasteiger partial charge < -0.3 is 11.1 Å². The molecular formula is C27H18BrF8N5O2. The number of carbonyl (C=O) groups excluding carboxylic acids is 2. The Morgan fingerprint density at radius 1 is 1.02 bits per heavy atom. The Bertz CT molecular complexity index is 1670. The number of benzene rings is 2. The lowest BCUT2D eigenvalue weighted by Crippen LogP contribution is -2.34. The van der Waals surface area contributed by atoms with Crippen LogP contribution in [0.3, 0.4) is 0 Å². The fourth-order valence-electron chi connectivity index (χ4n) is 4.34. The van der Waals surface area contributed by atoms with Gasteiger partial charge in [0.1, 0.15) is 29.7 Å². The van der Waals surface area contributed by atoms with Gasteiger partial charge in [0, 0.05) is 17.8 Å². The SMILES string of the molecule is NC(=O)c1cc(-c2cccnc2[C@H](Cc2cc(F)cc(F)c2)NC(=O)Cn2nc(C(F)(F)F)c(Br)c2C(F)F)ccc1F. The molecule has 43 heavy (non-hydrogen) atoms. The van der Waals surface area contributed by atoms with E-state index in [0.717, 1.165) is 24.3 Å². The van der Waals surface area contributed by atoms with E-state index in [1.165, 1.54) is 24.4 Å². The Labute approximate surface area is 245 Å². The van der Waals surface area contributed by atoms with Gasteiger partial charge in [0.25, 0.3) is 12.3 Å². The van der Waals surface area contributed by atoms with E-state index in [2.05, 4.69) is 31.3 Å². The van der Waals surface area contributed by atoms with Crippen molar-refractivity contribution in [1.29, 1.82) is 0 Å². The van der Waals surface area contributed by atoms with Gasteiger partial charge >= 0.3 is 6.18 Å². The number of nitrogens with two attached hydrogens (primary N) is 1. The van der Waals surface area contributed by atoms with Crippen molar-refractivity contribution in [3.8, 4) is 11.1 Å². The van der Waals surface area contributed by atoms with Crippen LogP contribution in [0.2, 0.25) is 0 Å². The summed E-state index contributed by atoms with van der Waals surface area (Å²) in [5, 5.41) is 5.59. The predicted octanol–water partition coefficient (Wildman–Crippen LogP) is 6.28. The fraction of sp³-hybridized carbons (Fsp3) is 0.185. The fourth-order valence-corrected chi connectivity index (χ4v) is 5.02. The van der Waals surface area contributed by atoms with E-state index in [-0.39, 0.29) is 33.5 Å². The summed E-state index contributed by atoms with van der Waals surface area (Å²) in [4.78, 5) is 29.1. The largest absolute Gasteiger partial charge is 0.436 e. The number of pyridine rings is 1. The maximum absolute atomic E-state index is 14.2. The Morgan fingerprint density at radius 3 is 2.30 bits per heavy atom. The number of halogens is 9. The number of hydrogen-bond acceptors (Lipinski definition) is 4. The smallest absolute Gasteiger partial charge is 0.366 e. The lowest BCUT2D eigenvalue weighted by Gasteiger charge is -2.22. The molecule has 0 radical (unpaired) electrons. The van der Waals surface area contributed by atoms with E-state index >= 15 is 0 Å². The molecule has 1 atom stereocenters. The van der Waals surface area contributed by atoms with Crippen LogP contribution in [0.15, 0.2) is 59.2 Å². The number of nitrogens with zero attached hydrogens (tertiary/aromatic N) is 3. The second-order valence-electron chi connectivity index (χ2n) is 9.10. The number of amides is 2. The second-order valence-corrected chi connectivity index (χ2v) is 9.89. The molecule has 2 aromatic carbocycles. The van der Waals surface area contributed by atoms with Crippen LogP contribution in [0.1, 0.15) is 45.5 Å². The van der Waals surface area contributed by atoms with Gasteiger partial charge in [-0.15, -0.1) is 0 Å². The maximum Gasteiger partial charge on any atom is 0.436 e. The molecule has 0 saturated heterocycles. The van der Waals surface area contributed by atoms with Gasteiger partial charge in [0.2, 0.25) is 5.91 Å². The van der Waals surface area contributed by atoms with Crippen molar-refractivity contribution in [2.24, 2.45) is 5.73 Å². The molecule has 2 amide bonds. The minimum Gasteiger partial charge on any atom is -0.366 e. The van der Waals surface area contributed by atoms with Crippen LogP contribution < -0.4 is 11.1 Å². The lowest BCUT2D eigenvalue weighted by atomic mass is 9.94. The van der Waals surface area contributed by atoms with Gasteiger partial charge in [0.05, 0.1) is 21.8 Å². The van der Waals surface area contributed by atoms with Crippen LogP contribution in [0, 0.1) is 17.5 Å². The zero-order chi connectivity index (χ0) is 31.6. The van der Waals surface area contributed by atoms with Crippen LogP contribution in [-0.4, -0.2) is 26.6 Å². The van der Waals surface area contributed by atoms with Crippen molar-refractivity contribution in [3.63, 3.8) is 0 Å². The summed E-state index contributed by atoms with van der Waals surface area (Å²) >= 11 is 2.47. The molecule has 7 nitrogen and oxygen atoms in total. The number of primary amides is 1. The number of alkyl halides is 5. The quantitative estimate of drug-likeness (QED) is 0.204. The second kappa shape index (κ2) is 12.5. The molecule has 226 valence electrons. The standard InChI is InChI=1S/C27H18BrF8N5O2/c28-21-23(25(32)33)41(40-24(21)27(34,35)36)11-20(42)39-19(8-12-6-14(29)10-15(30)7-12)22-16(2-1-5-38-22)13-3-4-18(31)17(9-13)26(37)43/h1-7,9-10,19,25H,8,11H2,(H2,37,43)(H,39,42)/t19-/m0/s1. The third-order valence-corrected chi connectivity index (χ3v) is 6.89. The van der Waals surface area contributed by atoms with E-state index in [1.54, 1.807) is 0 Å². The summed E-state index contributed by atoms with van der Waals surface area (Å²) < 4.78 is 109. The van der Waals surface area contributed by atoms with Gasteiger partial charge in [-0.2, -0.15) is 18.3 Å². The highest BCUT2D eigenvalue weighted by atomic mass is 79.9. The van der Waals surface area contributed by atoms with E-state index in [1.807, 2.05) is 0 Å². The van der Waals surface area contributed by atoms with Crippen LogP contribution >= 0.6 is 15.9 Å². The highest BCUT2D eigenvalue weighted by molar-refractivity contribution is 9.10. The van der Waals surface area contributed by atoms with Gasteiger partial charge in [-0.1, -0.05) is 12.1 Å². The first-order chi connectivity index (χ1) is 20.1. The van der Waals surface area contributed by atoms with Crippen molar-refractivity contribution in [2.45, 2.75) is 31.6 Å². The normalized spacial score (nSPS) is 12.4. The zero-order valence-corrected chi connectivity index (χ0v) is 23.0. The Hall–Kier alpha value is -4.34. The Balaban J connectivity index is 1.77. The first-order valence-corrected chi connectivity index (χ1v) is 12.9. The topological polar surface area (TPSA) is 103 Å². The summed E-state index contributed by atoms with van der Waals surface area (Å²) in [6, 6.07) is 7.54. The van der Waals surface area contributed by atoms with Crippen LogP contribution in [-0.2, 0) is 23.9 Å². The van der Waals surface area contributed by atoms with Crippen LogP contribution in [0.5, 0.6) is 0 Å². The van der Waals surface area contributed by atoms with Crippen LogP contribution in [0.4, 0.5) is 35.1 Å². The highest BCUT2D eigenvalue weighted by Crippen LogP contribution is 2.39. The maximum atomic E-state index is 14.2. The lowest BCUT2D eigenvalue weighted by molar-refractivity contribution is -0.142. The molecule has 4 aromatic rings. The molecule has 0 saturated carbocycles. The summed E-state index contributed by atoms with van der Waals surface area (Å²) in [6.07, 6.45) is -7.61. The first-order valence-electron chi connectivity index (χ1n) is 12.1. The molecule has 2 heterocycles. The molecule has 0 aliphatic carbocycles. The van der Waals surface area contributed by atoms with E-state index in [0.29, 0.717) is 6.07 Å². The van der Waals surface area contributed by atoms with E-state index in [4.69, 9.17) is 5.73 Å². The van der Waals surface area contributed by atoms with Crippen molar-refractivity contribution in [2.75, 3.05) is 0 Å². The molecule has 0 aliphatic rings. The molecular weight excluding hydrogens is 658 g/mol. The number of rotatable bonds is 9. The molecule has 4 rings (SSSR count). The van der Waals surface area contributed by atoms with Crippen molar-refractivity contribution in [3.05, 3.63) is 105 Å². The van der Waals surface area contributed by atoms with E-state index in [9.17, 15) is 44.7 Å². The average molecular weight is 676 g/mol. The van der Waals surface area contributed by atoms with Crippen molar-refractivity contribution >= 4 is 27.7 Å². The van der Waals surface area contributed by atoms with Gasteiger partial charge in [-0.3, -0.25) is 19.3 Å². The number of hydrogen-bond donors (Lipinski definition) is 2. The molecule has 0 bridgehead atoms. The zero-order valence-electron chi connectivity index (χ0n) is 21.4. The van der Waals surface area contributed by atoms with Crippen molar-refractivity contribution < 1.29 is 44.7 Å². The third-order valence-electron chi connectivity index (χ3n) is 6.11. The minimum atomic E-state index is -5.12. The Morgan fingerprint density at radius 2 is 1.70 bits per heavy atom. The molecule has 0 spiro atoms. The summed E-state index contributed by atoms with van der Waals surface area (Å²) in [5.41, 5.74) is 2.36. The van der Waals surface area contributed by atoms with Crippen molar-refractivity contribution in [1.82, 2.24) is 20.1 Å². The first kappa shape index (κ1) is 31.6. The summed E-state index contributed by atoms with van der Waals surface area (Å²) in [6.45, 7) is -1.10. The highest BCUT2D eigenvalue weighted by Gasteiger charge is 2.40. The number of aromatic nitrogens is 3. The molecule has 0 aliphatic heterocycles. The van der Waals surface area contributed by atoms with Gasteiger partial charge in [-0.25, -0.2) is 22.0 Å². The minimum absolute atomic E-state index is 0.0193.